The highest BCUT2D eigenvalue weighted by atomic mass is 15.5. The van der Waals surface area contributed by atoms with Crippen LogP contribution in [-0.2, 0) is 0 Å². The number of nitrogen functional groups attached to an aromatic ring is 1. The Hall–Kier alpha value is -1.88. The van der Waals surface area contributed by atoms with Crippen molar-refractivity contribution in [3.63, 3.8) is 0 Å². The Morgan fingerprint density at radius 2 is 1.85 bits per heavy atom. The Bertz CT molecular complexity index is 602. The summed E-state index contributed by atoms with van der Waals surface area (Å²) in [4.78, 5) is 8.65. The van der Waals surface area contributed by atoms with Crippen LogP contribution in [0.4, 0.5) is 11.8 Å². The third-order valence-corrected chi connectivity index (χ3v) is 4.05. The first kappa shape index (κ1) is 13.1. The normalized spacial score (nSPS) is 23.9. The molecule has 20 heavy (non-hydrogen) atoms. The average molecular weight is 271 g/mol. The topological polar surface area (TPSA) is 67.1 Å². The maximum absolute atomic E-state index is 5.82. The number of aromatic nitrogens is 2. The maximum Gasteiger partial charge on any atom is 0.222 e. The second-order valence-corrected chi connectivity index (χ2v) is 5.60. The molecule has 0 radical (unpaired) electrons. The van der Waals surface area contributed by atoms with Crippen molar-refractivity contribution in [1.82, 2.24) is 15.0 Å². The fourth-order valence-corrected chi connectivity index (χ4v) is 2.94. The number of benzene rings is 1. The Morgan fingerprint density at radius 3 is 2.60 bits per heavy atom. The number of hydrogen-bond donors (Lipinski definition) is 2. The molecule has 1 aromatic carbocycles. The zero-order valence-corrected chi connectivity index (χ0v) is 12.0. The Morgan fingerprint density at radius 1 is 1.15 bits per heavy atom. The van der Waals surface area contributed by atoms with Crippen LogP contribution in [0.5, 0.6) is 0 Å². The van der Waals surface area contributed by atoms with Gasteiger partial charge in [0.15, 0.2) is 5.82 Å². The van der Waals surface area contributed by atoms with Gasteiger partial charge in [-0.1, -0.05) is 18.6 Å². The molecule has 1 aromatic heterocycles. The highest BCUT2D eigenvalue weighted by Gasteiger charge is 2.25. The van der Waals surface area contributed by atoms with Gasteiger partial charge in [-0.25, -0.2) is 9.99 Å². The zero-order valence-electron chi connectivity index (χ0n) is 12.0. The third-order valence-electron chi connectivity index (χ3n) is 4.05. The smallest absolute Gasteiger partial charge is 0.222 e. The van der Waals surface area contributed by atoms with Gasteiger partial charge in [-0.3, -0.25) is 0 Å². The molecule has 2 heterocycles. The van der Waals surface area contributed by atoms with E-state index >= 15 is 0 Å². The van der Waals surface area contributed by atoms with E-state index in [0.29, 0.717) is 18.0 Å². The molecule has 0 bridgehead atoms. The summed E-state index contributed by atoms with van der Waals surface area (Å²) in [6.07, 6.45) is 3.69. The van der Waals surface area contributed by atoms with E-state index in [9.17, 15) is 0 Å². The second kappa shape index (κ2) is 5.25. The predicted molar refractivity (Wildman–Crippen MR) is 82.2 cm³/mol. The molecule has 2 unspecified atom stereocenters. The minimum Gasteiger partial charge on any atom is -0.368 e. The van der Waals surface area contributed by atoms with Crippen molar-refractivity contribution in [3.8, 4) is 0 Å². The monoisotopic (exact) mass is 271 g/mol. The van der Waals surface area contributed by atoms with Crippen LogP contribution in [0.1, 0.15) is 33.1 Å². The van der Waals surface area contributed by atoms with Crippen molar-refractivity contribution < 1.29 is 0 Å². The van der Waals surface area contributed by atoms with Gasteiger partial charge in [0.05, 0.1) is 5.52 Å². The van der Waals surface area contributed by atoms with Gasteiger partial charge in [-0.2, -0.15) is 4.98 Å². The Balaban J connectivity index is 1.97. The van der Waals surface area contributed by atoms with Crippen LogP contribution in [0.2, 0.25) is 0 Å². The van der Waals surface area contributed by atoms with Crippen LogP contribution in [0.25, 0.3) is 10.9 Å². The number of anilines is 2. The van der Waals surface area contributed by atoms with Gasteiger partial charge in [0, 0.05) is 17.5 Å². The molecule has 1 fully saturated rings. The summed E-state index contributed by atoms with van der Waals surface area (Å²) in [5.74, 6) is 1.11. The minimum absolute atomic E-state index is 0.309. The molecule has 0 amide bonds. The fraction of sp³-hybridized carbons (Fsp3) is 0.467. The number of piperidine rings is 1. The van der Waals surface area contributed by atoms with Crippen LogP contribution in [0.3, 0.4) is 0 Å². The van der Waals surface area contributed by atoms with Gasteiger partial charge in [0.25, 0.3) is 0 Å². The summed E-state index contributed by atoms with van der Waals surface area (Å²) in [6, 6.07) is 8.93. The minimum atomic E-state index is 0.309. The molecular weight excluding hydrogens is 250 g/mol. The van der Waals surface area contributed by atoms with Crippen molar-refractivity contribution in [2.45, 2.75) is 45.2 Å². The lowest BCUT2D eigenvalue weighted by Gasteiger charge is -2.39. The summed E-state index contributed by atoms with van der Waals surface area (Å²) in [7, 11) is 0. The average Bonchev–Trinajstić information content (AvgIpc) is 2.42. The summed E-state index contributed by atoms with van der Waals surface area (Å²) in [6.45, 7) is 4.49. The molecule has 1 aliphatic rings. The van der Waals surface area contributed by atoms with E-state index in [2.05, 4.69) is 34.3 Å². The van der Waals surface area contributed by atoms with E-state index in [4.69, 9.17) is 5.73 Å². The standard InChI is InChI=1S/C15H21N5/c1-10-6-5-7-11(2)20(10)19-14-12-8-3-4-9-13(12)17-15(16)18-14/h3-4,8-11H,5-7H2,1-2H3,(H3,16,17,18,19). The quantitative estimate of drug-likeness (QED) is 0.879. The molecule has 2 atom stereocenters. The fourth-order valence-electron chi connectivity index (χ4n) is 2.94. The Labute approximate surface area is 119 Å². The summed E-state index contributed by atoms with van der Waals surface area (Å²) >= 11 is 0. The number of para-hydroxylation sites is 1. The number of fused-ring (bicyclic) bond motifs is 1. The molecule has 5 nitrogen and oxygen atoms in total. The van der Waals surface area contributed by atoms with E-state index < -0.39 is 0 Å². The summed E-state index contributed by atoms with van der Waals surface area (Å²) in [5, 5.41) is 3.30. The van der Waals surface area contributed by atoms with Crippen LogP contribution < -0.4 is 11.2 Å². The lowest BCUT2D eigenvalue weighted by atomic mass is 10.00. The lowest BCUT2D eigenvalue weighted by molar-refractivity contribution is 0.135. The summed E-state index contributed by atoms with van der Waals surface area (Å²) in [5.41, 5.74) is 10.2. The van der Waals surface area contributed by atoms with Gasteiger partial charge in [0.2, 0.25) is 5.95 Å². The van der Waals surface area contributed by atoms with Crippen LogP contribution in [0.15, 0.2) is 24.3 Å². The van der Waals surface area contributed by atoms with Crippen LogP contribution >= 0.6 is 0 Å². The number of hydrazine groups is 1. The van der Waals surface area contributed by atoms with Crippen LogP contribution in [0, 0.1) is 0 Å². The van der Waals surface area contributed by atoms with E-state index in [1.165, 1.54) is 19.3 Å². The third kappa shape index (κ3) is 2.41. The van der Waals surface area contributed by atoms with Gasteiger partial charge < -0.3 is 11.2 Å². The van der Waals surface area contributed by atoms with E-state index in [0.717, 1.165) is 16.7 Å². The van der Waals surface area contributed by atoms with Crippen molar-refractivity contribution in [2.24, 2.45) is 0 Å². The van der Waals surface area contributed by atoms with E-state index in [1.54, 1.807) is 0 Å². The molecule has 0 saturated carbocycles. The van der Waals surface area contributed by atoms with E-state index in [1.807, 2.05) is 24.3 Å². The predicted octanol–water partition coefficient (Wildman–Crippen LogP) is 2.80. The van der Waals surface area contributed by atoms with Crippen molar-refractivity contribution in [2.75, 3.05) is 11.2 Å². The van der Waals surface area contributed by atoms with Crippen molar-refractivity contribution in [1.29, 1.82) is 0 Å². The van der Waals surface area contributed by atoms with Gasteiger partial charge in [-0.05, 0) is 38.8 Å². The summed E-state index contributed by atoms with van der Waals surface area (Å²) < 4.78 is 0. The van der Waals surface area contributed by atoms with Crippen molar-refractivity contribution in [3.05, 3.63) is 24.3 Å². The number of nitrogens with one attached hydrogen (secondary N) is 1. The molecule has 3 N–H and O–H groups in total. The number of nitrogens with zero attached hydrogens (tertiary/aromatic N) is 3. The molecule has 0 spiro atoms. The molecule has 1 saturated heterocycles. The zero-order chi connectivity index (χ0) is 14.1. The molecule has 3 rings (SSSR count). The lowest BCUT2D eigenvalue weighted by Crippen LogP contribution is -2.47. The first-order chi connectivity index (χ1) is 9.65. The Kier molecular flexibility index (Phi) is 3.44. The van der Waals surface area contributed by atoms with E-state index in [-0.39, 0.29) is 0 Å². The highest BCUT2D eigenvalue weighted by molar-refractivity contribution is 5.89. The molecular formula is C15H21N5. The molecule has 1 aliphatic heterocycles. The maximum atomic E-state index is 5.82. The van der Waals surface area contributed by atoms with Gasteiger partial charge in [0.1, 0.15) is 0 Å². The number of nitrogens with two attached hydrogens (primary N) is 1. The molecule has 5 heteroatoms. The number of rotatable bonds is 2. The molecule has 2 aromatic rings. The second-order valence-electron chi connectivity index (χ2n) is 5.60. The molecule has 0 aliphatic carbocycles. The first-order valence-corrected chi connectivity index (χ1v) is 7.22. The van der Waals surface area contributed by atoms with Crippen LogP contribution in [-0.4, -0.2) is 27.1 Å². The first-order valence-electron chi connectivity index (χ1n) is 7.22. The van der Waals surface area contributed by atoms with Crippen molar-refractivity contribution >= 4 is 22.7 Å². The SMILES string of the molecule is CC1CCCC(C)N1Nc1nc(N)nc2ccccc12. The highest BCUT2D eigenvalue weighted by Crippen LogP contribution is 2.26. The largest absolute Gasteiger partial charge is 0.368 e. The van der Waals surface area contributed by atoms with Gasteiger partial charge >= 0.3 is 0 Å². The molecule has 106 valence electrons. The van der Waals surface area contributed by atoms with Gasteiger partial charge in [-0.15, -0.1) is 0 Å². The number of hydrogen-bond acceptors (Lipinski definition) is 5.